The van der Waals surface area contributed by atoms with Crippen molar-refractivity contribution in [3.8, 4) is 5.75 Å². The fourth-order valence-electron chi connectivity index (χ4n) is 3.74. The van der Waals surface area contributed by atoms with Crippen LogP contribution in [0.2, 0.25) is 0 Å². The van der Waals surface area contributed by atoms with E-state index >= 15 is 0 Å². The minimum absolute atomic E-state index is 0.100. The van der Waals surface area contributed by atoms with Gasteiger partial charge in [-0.1, -0.05) is 0 Å². The summed E-state index contributed by atoms with van der Waals surface area (Å²) < 4.78 is 5.42. The molecule has 0 saturated carbocycles. The molecule has 2 aliphatic rings. The lowest BCUT2D eigenvalue weighted by Gasteiger charge is -2.26. The summed E-state index contributed by atoms with van der Waals surface area (Å²) in [6.45, 7) is 9.25. The summed E-state index contributed by atoms with van der Waals surface area (Å²) in [6.07, 6.45) is 0.286. The number of imide groups is 1. The first-order valence-electron chi connectivity index (χ1n) is 9.66. The summed E-state index contributed by atoms with van der Waals surface area (Å²) in [5, 5.41) is 2.05. The molecule has 1 atom stereocenters. The van der Waals surface area contributed by atoms with E-state index in [1.54, 1.807) is 34.1 Å². The first-order valence-corrected chi connectivity index (χ1v) is 9.66. The third kappa shape index (κ3) is 4.41. The van der Waals surface area contributed by atoms with Crippen LogP contribution in [0.5, 0.6) is 5.75 Å². The predicted molar refractivity (Wildman–Crippen MR) is 97.5 cm³/mol. The number of nitrogens with zero attached hydrogens (tertiary/aromatic N) is 1. The molecule has 0 spiro atoms. The van der Waals surface area contributed by atoms with Gasteiger partial charge in [0.25, 0.3) is 5.91 Å². The largest absolute Gasteiger partial charge is 0.494 e. The summed E-state index contributed by atoms with van der Waals surface area (Å²) in [7, 11) is 2.24. The molecule has 2 saturated heterocycles. The number of likely N-dealkylation sites (N-methyl/N-ethyl adjacent to an activating group) is 1. The molecule has 7 heteroatoms. The number of carbonyl (C=O) groups excluding carboxylic acids is 2. The molecule has 0 aliphatic carbocycles. The van der Waals surface area contributed by atoms with Gasteiger partial charge in [0.2, 0.25) is 5.91 Å². The van der Waals surface area contributed by atoms with E-state index in [1.165, 1.54) is 31.1 Å². The first-order chi connectivity index (χ1) is 12.6. The molecule has 142 valence electrons. The van der Waals surface area contributed by atoms with Gasteiger partial charge in [-0.2, -0.15) is 0 Å². The van der Waals surface area contributed by atoms with Crippen molar-refractivity contribution in [1.82, 2.24) is 0 Å². The highest BCUT2D eigenvalue weighted by Gasteiger charge is 2.42. The molecule has 1 aromatic rings. The van der Waals surface area contributed by atoms with E-state index in [-0.39, 0.29) is 24.3 Å². The van der Waals surface area contributed by atoms with E-state index in [2.05, 4.69) is 7.05 Å². The molecular formula is C19H31N4O3+3. The van der Waals surface area contributed by atoms with Crippen LogP contribution in [0.4, 0.5) is 5.69 Å². The second-order valence-electron chi connectivity index (χ2n) is 7.29. The number of rotatable bonds is 7. The van der Waals surface area contributed by atoms with Crippen LogP contribution in [-0.2, 0) is 9.59 Å². The van der Waals surface area contributed by atoms with E-state index < -0.39 is 0 Å². The Hall–Kier alpha value is -1.96. The fraction of sp³-hybridized carbons (Fsp3) is 0.579. The van der Waals surface area contributed by atoms with Crippen molar-refractivity contribution >= 4 is 17.5 Å². The van der Waals surface area contributed by atoms with Gasteiger partial charge in [-0.25, -0.2) is 4.90 Å². The molecule has 7 nitrogen and oxygen atoms in total. The van der Waals surface area contributed by atoms with Crippen molar-refractivity contribution in [3.05, 3.63) is 24.3 Å². The molecule has 4 N–H and O–H groups in total. The Kier molecular flexibility index (Phi) is 6.24. The summed E-state index contributed by atoms with van der Waals surface area (Å²) in [5.74, 6) is 0.531. The molecule has 2 fully saturated rings. The lowest BCUT2D eigenvalue weighted by molar-refractivity contribution is -1.01. The number of hydrogen-bond donors (Lipinski definition) is 3. The van der Waals surface area contributed by atoms with Crippen molar-refractivity contribution in [1.29, 1.82) is 0 Å². The van der Waals surface area contributed by atoms with Gasteiger partial charge in [0, 0.05) is 0 Å². The monoisotopic (exact) mass is 363 g/mol. The molecule has 2 heterocycles. The number of nitrogens with two attached hydrogens (primary N) is 1. The van der Waals surface area contributed by atoms with E-state index in [4.69, 9.17) is 4.74 Å². The lowest BCUT2D eigenvalue weighted by Crippen LogP contribution is -3.27. The molecule has 0 bridgehead atoms. The van der Waals surface area contributed by atoms with Crippen LogP contribution < -0.4 is 24.8 Å². The Morgan fingerprint density at radius 3 is 2.50 bits per heavy atom. The zero-order chi connectivity index (χ0) is 18.5. The van der Waals surface area contributed by atoms with E-state index in [9.17, 15) is 9.59 Å². The molecule has 0 aromatic heterocycles. The second-order valence-corrected chi connectivity index (χ2v) is 7.29. The highest BCUT2D eigenvalue weighted by atomic mass is 16.5. The van der Waals surface area contributed by atoms with Crippen molar-refractivity contribution in [2.24, 2.45) is 0 Å². The quantitative estimate of drug-likeness (QED) is 0.445. The van der Waals surface area contributed by atoms with Crippen molar-refractivity contribution in [3.63, 3.8) is 0 Å². The zero-order valence-electron chi connectivity index (χ0n) is 15.8. The van der Waals surface area contributed by atoms with Crippen molar-refractivity contribution in [2.75, 3.05) is 57.8 Å². The SMILES string of the molecule is CCOc1ccc(N2C(=O)C[C@H]([NH2+]CC[NH+]3CC[NH+](C)CC3)C2=O)cc1. The van der Waals surface area contributed by atoms with E-state index in [1.807, 2.05) is 12.2 Å². The number of amides is 2. The number of ether oxygens (including phenoxy) is 1. The summed E-state index contributed by atoms with van der Waals surface area (Å²) in [4.78, 5) is 29.6. The third-order valence-electron chi connectivity index (χ3n) is 5.35. The minimum atomic E-state index is -0.286. The van der Waals surface area contributed by atoms with Gasteiger partial charge < -0.3 is 19.9 Å². The van der Waals surface area contributed by atoms with Crippen molar-refractivity contribution < 1.29 is 29.4 Å². The standard InChI is InChI=1S/C19H28N4O3/c1-3-26-16-6-4-15(5-7-16)23-18(24)14-17(19(23)25)20-8-9-22-12-10-21(2)11-13-22/h4-7,17,20H,3,8-14H2,1-2H3/p+3/t17-/m0/s1. The average Bonchev–Trinajstić information content (AvgIpc) is 2.92. The maximum absolute atomic E-state index is 12.7. The Labute approximate surface area is 154 Å². The second kappa shape index (κ2) is 8.62. The van der Waals surface area contributed by atoms with Crippen LogP contribution in [0.3, 0.4) is 0 Å². The molecule has 0 radical (unpaired) electrons. The molecule has 2 amide bonds. The first kappa shape index (κ1) is 18.8. The van der Waals surface area contributed by atoms with E-state index in [0.29, 0.717) is 12.3 Å². The van der Waals surface area contributed by atoms with Gasteiger partial charge in [0.05, 0.1) is 25.8 Å². The van der Waals surface area contributed by atoms with Crippen LogP contribution in [0.1, 0.15) is 13.3 Å². The van der Waals surface area contributed by atoms with Crippen LogP contribution in [-0.4, -0.2) is 70.8 Å². The number of quaternary nitrogens is 3. The zero-order valence-corrected chi connectivity index (χ0v) is 15.8. The number of anilines is 1. The molecule has 0 unspecified atom stereocenters. The minimum Gasteiger partial charge on any atom is -0.494 e. The van der Waals surface area contributed by atoms with Gasteiger partial charge in [0.15, 0.2) is 6.04 Å². The smallest absolute Gasteiger partial charge is 0.292 e. The van der Waals surface area contributed by atoms with Crippen LogP contribution in [0.15, 0.2) is 24.3 Å². The van der Waals surface area contributed by atoms with Gasteiger partial charge in [-0.3, -0.25) is 9.59 Å². The number of nitrogens with one attached hydrogen (secondary N) is 2. The molecule has 3 rings (SSSR count). The Bertz CT molecular complexity index is 626. The van der Waals surface area contributed by atoms with Crippen LogP contribution in [0.25, 0.3) is 0 Å². The van der Waals surface area contributed by atoms with Crippen LogP contribution in [0, 0.1) is 0 Å². The van der Waals surface area contributed by atoms with E-state index in [0.717, 1.165) is 18.8 Å². The summed E-state index contributed by atoms with van der Waals surface area (Å²) >= 11 is 0. The maximum atomic E-state index is 12.7. The van der Waals surface area contributed by atoms with Gasteiger partial charge in [-0.15, -0.1) is 0 Å². The summed E-state index contributed by atoms with van der Waals surface area (Å²) in [5.41, 5.74) is 0.632. The van der Waals surface area contributed by atoms with Gasteiger partial charge in [0.1, 0.15) is 45.0 Å². The van der Waals surface area contributed by atoms with Crippen LogP contribution >= 0.6 is 0 Å². The normalized spacial score (nSPS) is 26.4. The summed E-state index contributed by atoms with van der Waals surface area (Å²) in [6, 6.07) is 6.87. The predicted octanol–water partition coefficient (Wildman–Crippen LogP) is -3.31. The number of carbonyl (C=O) groups is 2. The Morgan fingerprint density at radius 1 is 1.15 bits per heavy atom. The number of hydrogen-bond acceptors (Lipinski definition) is 3. The van der Waals surface area contributed by atoms with Gasteiger partial charge >= 0.3 is 0 Å². The number of piperazine rings is 1. The Balaban J connectivity index is 1.51. The molecule has 26 heavy (non-hydrogen) atoms. The molecule has 1 aromatic carbocycles. The third-order valence-corrected chi connectivity index (χ3v) is 5.35. The van der Waals surface area contributed by atoms with Crippen molar-refractivity contribution in [2.45, 2.75) is 19.4 Å². The fourth-order valence-corrected chi connectivity index (χ4v) is 3.74. The molecular weight excluding hydrogens is 332 g/mol. The van der Waals surface area contributed by atoms with Gasteiger partial charge in [-0.05, 0) is 31.2 Å². The maximum Gasteiger partial charge on any atom is 0.292 e. The number of benzene rings is 1. The highest BCUT2D eigenvalue weighted by Crippen LogP contribution is 2.24. The topological polar surface area (TPSA) is 72.1 Å². The Morgan fingerprint density at radius 2 is 1.85 bits per heavy atom. The highest BCUT2D eigenvalue weighted by molar-refractivity contribution is 6.21. The molecule has 2 aliphatic heterocycles. The average molecular weight is 363 g/mol. The lowest BCUT2D eigenvalue weighted by atomic mass is 10.2.